The van der Waals surface area contributed by atoms with Crippen molar-refractivity contribution >= 4 is 58.1 Å². The molecule has 0 unspecified atom stereocenters. The summed E-state index contributed by atoms with van der Waals surface area (Å²) < 4.78 is 7.24. The fourth-order valence-corrected chi connectivity index (χ4v) is 3.12. The molecule has 8 heteroatoms. The van der Waals surface area contributed by atoms with Crippen molar-refractivity contribution in [2.45, 2.75) is 13.5 Å². The van der Waals surface area contributed by atoms with Gasteiger partial charge in [-0.1, -0.05) is 36.4 Å². The minimum atomic E-state index is -1.14. The number of hydrogen-bond acceptors (Lipinski definition) is 4. The SMILES string of the molecule is Cc1c(C(=O)C(N)=O)c2c(OCC(=O)O)cccc2n1Cc1ccccc1.[NaH]. The third-order valence-corrected chi connectivity index (χ3v) is 4.30. The van der Waals surface area contributed by atoms with Crippen LogP contribution >= 0.6 is 0 Å². The second-order valence-electron chi connectivity index (χ2n) is 6.06. The van der Waals surface area contributed by atoms with Crippen molar-refractivity contribution in [2.75, 3.05) is 6.61 Å². The monoisotopic (exact) mass is 390 g/mol. The molecule has 2 aromatic carbocycles. The van der Waals surface area contributed by atoms with Crippen molar-refractivity contribution in [2.24, 2.45) is 5.73 Å². The van der Waals surface area contributed by atoms with Crippen molar-refractivity contribution in [3.63, 3.8) is 0 Å². The molecule has 0 bridgehead atoms. The number of carboxylic acid groups (broad SMARTS) is 1. The van der Waals surface area contributed by atoms with Gasteiger partial charge >= 0.3 is 35.5 Å². The van der Waals surface area contributed by atoms with E-state index in [4.69, 9.17) is 15.6 Å². The number of nitrogens with zero attached hydrogens (tertiary/aromatic N) is 1. The summed E-state index contributed by atoms with van der Waals surface area (Å²) in [4.78, 5) is 34.9. The van der Waals surface area contributed by atoms with Gasteiger partial charge in [0.25, 0.3) is 11.7 Å². The van der Waals surface area contributed by atoms with Gasteiger partial charge in [0.1, 0.15) is 5.75 Å². The van der Waals surface area contributed by atoms with E-state index in [2.05, 4.69) is 0 Å². The number of hydrogen-bond donors (Lipinski definition) is 2. The van der Waals surface area contributed by atoms with Crippen LogP contribution in [0.25, 0.3) is 10.9 Å². The van der Waals surface area contributed by atoms with E-state index in [0.717, 1.165) is 5.56 Å². The summed E-state index contributed by atoms with van der Waals surface area (Å²) in [5.41, 5.74) is 7.59. The van der Waals surface area contributed by atoms with Gasteiger partial charge in [0.15, 0.2) is 6.61 Å². The first-order valence-electron chi connectivity index (χ1n) is 8.24. The molecule has 28 heavy (non-hydrogen) atoms. The molecule has 1 amide bonds. The number of benzene rings is 2. The fourth-order valence-electron chi connectivity index (χ4n) is 3.12. The summed E-state index contributed by atoms with van der Waals surface area (Å²) >= 11 is 0. The van der Waals surface area contributed by atoms with E-state index in [1.807, 2.05) is 34.9 Å². The predicted molar refractivity (Wildman–Crippen MR) is 106 cm³/mol. The number of aromatic nitrogens is 1. The number of rotatable bonds is 7. The Kier molecular flexibility index (Phi) is 7.01. The van der Waals surface area contributed by atoms with Crippen LogP contribution in [0, 0.1) is 6.92 Å². The molecular formula is C20H19N2NaO5. The van der Waals surface area contributed by atoms with Crippen LogP contribution in [0.1, 0.15) is 21.6 Å². The molecule has 3 N–H and O–H groups in total. The summed E-state index contributed by atoms with van der Waals surface area (Å²) in [5.74, 6) is -2.84. The average molecular weight is 390 g/mol. The van der Waals surface area contributed by atoms with Crippen LogP contribution in [0.5, 0.6) is 5.75 Å². The third-order valence-electron chi connectivity index (χ3n) is 4.30. The Balaban J connectivity index is 0.00000280. The topological polar surface area (TPSA) is 112 Å². The average Bonchev–Trinajstić information content (AvgIpc) is 2.92. The molecule has 0 aliphatic rings. The molecule has 140 valence electrons. The predicted octanol–water partition coefficient (Wildman–Crippen LogP) is 1.48. The molecular weight excluding hydrogens is 371 g/mol. The zero-order valence-electron chi connectivity index (χ0n) is 14.6. The molecule has 0 aliphatic heterocycles. The quantitative estimate of drug-likeness (QED) is 0.361. The van der Waals surface area contributed by atoms with Crippen molar-refractivity contribution in [1.82, 2.24) is 4.57 Å². The summed E-state index contributed by atoms with van der Waals surface area (Å²) in [6, 6.07) is 14.7. The van der Waals surface area contributed by atoms with Crippen LogP contribution in [0.15, 0.2) is 48.5 Å². The van der Waals surface area contributed by atoms with Gasteiger partial charge in [0, 0.05) is 12.2 Å². The second kappa shape index (κ2) is 9.05. The number of nitrogens with two attached hydrogens (primary N) is 1. The summed E-state index contributed by atoms with van der Waals surface area (Å²) in [7, 11) is 0. The standard InChI is InChI=1S/C20H18N2O5.Na.H/c1-12-17(19(25)20(21)26)18-14(8-5-9-15(18)27-11-16(23)24)22(12)10-13-6-3-2-4-7-13;;/h2-9H,10-11H2,1H3,(H2,21,26)(H,23,24);;. The van der Waals surface area contributed by atoms with E-state index in [9.17, 15) is 14.4 Å². The van der Waals surface area contributed by atoms with Crippen LogP contribution in [0.2, 0.25) is 0 Å². The Morgan fingerprint density at radius 1 is 1.07 bits per heavy atom. The normalized spacial score (nSPS) is 10.3. The van der Waals surface area contributed by atoms with Crippen molar-refractivity contribution in [1.29, 1.82) is 0 Å². The molecule has 0 aliphatic carbocycles. The Hall–Kier alpha value is -2.61. The molecule has 7 nitrogen and oxygen atoms in total. The zero-order valence-corrected chi connectivity index (χ0v) is 14.6. The van der Waals surface area contributed by atoms with Gasteiger partial charge in [-0.25, -0.2) is 4.79 Å². The molecule has 1 aromatic heterocycles. The van der Waals surface area contributed by atoms with Gasteiger partial charge in [-0.3, -0.25) is 9.59 Å². The van der Waals surface area contributed by atoms with E-state index in [1.165, 1.54) is 0 Å². The van der Waals surface area contributed by atoms with E-state index >= 15 is 0 Å². The van der Waals surface area contributed by atoms with Crippen LogP contribution in [0.3, 0.4) is 0 Å². The number of fused-ring (bicyclic) bond motifs is 1. The molecule has 0 spiro atoms. The summed E-state index contributed by atoms with van der Waals surface area (Å²) in [6.45, 7) is 1.63. The fraction of sp³-hybridized carbons (Fsp3) is 0.150. The Labute approximate surface area is 183 Å². The van der Waals surface area contributed by atoms with E-state index in [1.54, 1.807) is 25.1 Å². The molecule has 0 saturated heterocycles. The van der Waals surface area contributed by atoms with E-state index in [0.29, 0.717) is 23.1 Å². The number of amides is 1. The number of carbonyl (C=O) groups excluding carboxylic acids is 2. The molecule has 0 saturated carbocycles. The van der Waals surface area contributed by atoms with Crippen molar-refractivity contribution < 1.29 is 24.2 Å². The number of aliphatic carboxylic acids is 1. The maximum atomic E-state index is 12.5. The molecule has 1 heterocycles. The van der Waals surface area contributed by atoms with Gasteiger partial charge in [-0.15, -0.1) is 0 Å². The van der Waals surface area contributed by atoms with Gasteiger partial charge in [-0.2, -0.15) is 0 Å². The number of primary amides is 1. The first-order chi connectivity index (χ1) is 12.9. The van der Waals surface area contributed by atoms with Gasteiger partial charge < -0.3 is 20.1 Å². The minimum absolute atomic E-state index is 0. The molecule has 0 fully saturated rings. The Morgan fingerprint density at radius 3 is 2.36 bits per heavy atom. The first kappa shape index (κ1) is 21.7. The summed E-state index contributed by atoms with van der Waals surface area (Å²) in [6.07, 6.45) is 0. The molecule has 0 radical (unpaired) electrons. The van der Waals surface area contributed by atoms with Crippen LogP contribution < -0.4 is 10.5 Å². The zero-order chi connectivity index (χ0) is 19.6. The Morgan fingerprint density at radius 2 is 1.75 bits per heavy atom. The first-order valence-corrected chi connectivity index (χ1v) is 8.24. The Bertz CT molecular complexity index is 1040. The number of Topliss-reactive ketones (excluding diaryl/α,β-unsaturated/α-hetero) is 1. The van der Waals surface area contributed by atoms with E-state index < -0.39 is 24.3 Å². The number of ketones is 1. The van der Waals surface area contributed by atoms with Crippen molar-refractivity contribution in [3.05, 3.63) is 65.4 Å². The number of ether oxygens (including phenoxy) is 1. The summed E-state index contributed by atoms with van der Waals surface area (Å²) in [5, 5.41) is 9.28. The van der Waals surface area contributed by atoms with Gasteiger partial charge in [0.05, 0.1) is 16.5 Å². The molecule has 0 atom stereocenters. The van der Waals surface area contributed by atoms with Crippen molar-refractivity contribution in [3.8, 4) is 5.75 Å². The van der Waals surface area contributed by atoms with Gasteiger partial charge in [-0.05, 0) is 24.6 Å². The number of carboxylic acids is 1. The van der Waals surface area contributed by atoms with Gasteiger partial charge in [0.2, 0.25) is 0 Å². The van der Waals surface area contributed by atoms with Crippen LogP contribution in [-0.4, -0.2) is 63.5 Å². The van der Waals surface area contributed by atoms with Crippen LogP contribution in [-0.2, 0) is 16.1 Å². The number of carbonyl (C=O) groups is 3. The molecule has 3 aromatic rings. The maximum absolute atomic E-state index is 12.5. The molecule has 3 rings (SSSR count). The third kappa shape index (κ3) is 4.27. The second-order valence-corrected chi connectivity index (χ2v) is 6.06. The van der Waals surface area contributed by atoms with E-state index in [-0.39, 0.29) is 40.9 Å². The van der Waals surface area contributed by atoms with Crippen LogP contribution in [0.4, 0.5) is 0 Å².